The number of hydrogen-bond acceptors (Lipinski definition) is 4. The zero-order valence-electron chi connectivity index (χ0n) is 11.3. The fourth-order valence-corrected chi connectivity index (χ4v) is 1.62. The molecular weight excluding hydrogens is 240 g/mol. The fraction of sp³-hybridized carbons (Fsp3) is 0.467. The molecule has 0 saturated carbocycles. The molecule has 0 radical (unpaired) electrons. The van der Waals surface area contributed by atoms with Crippen molar-refractivity contribution in [2.24, 2.45) is 0 Å². The molecule has 0 unspecified atom stereocenters. The van der Waals surface area contributed by atoms with Gasteiger partial charge in [-0.2, -0.15) is 10.2 Å². The van der Waals surface area contributed by atoms with Gasteiger partial charge in [0.1, 0.15) is 11.6 Å². The monoisotopic (exact) mass is 260 g/mol. The summed E-state index contributed by atoms with van der Waals surface area (Å²) in [6.45, 7) is 2.03. The van der Waals surface area contributed by atoms with Gasteiger partial charge in [0.05, 0.1) is 12.1 Å². The van der Waals surface area contributed by atoms with E-state index in [9.17, 15) is 9.59 Å². The van der Waals surface area contributed by atoms with Crippen molar-refractivity contribution in [3.8, 4) is 0 Å². The van der Waals surface area contributed by atoms with Crippen LogP contribution in [0.4, 0.5) is 0 Å². The van der Waals surface area contributed by atoms with Crippen molar-refractivity contribution in [3.05, 3.63) is 30.1 Å². The number of carbonyl (C=O) groups excluding carboxylic acids is 2. The number of nitrogens with zero attached hydrogens (tertiary/aromatic N) is 2. The van der Waals surface area contributed by atoms with Gasteiger partial charge in [-0.3, -0.25) is 9.59 Å². The van der Waals surface area contributed by atoms with Gasteiger partial charge in [0.2, 0.25) is 0 Å². The summed E-state index contributed by atoms with van der Waals surface area (Å²) in [5.74, 6) is 0.0784. The molecule has 0 saturated heterocycles. The largest absolute Gasteiger partial charge is 0.299 e. The van der Waals surface area contributed by atoms with Crippen LogP contribution in [0.1, 0.15) is 51.1 Å². The Kier molecular flexibility index (Phi) is 7.32. The van der Waals surface area contributed by atoms with Crippen LogP contribution in [0.25, 0.3) is 6.08 Å². The zero-order chi connectivity index (χ0) is 13.9. The van der Waals surface area contributed by atoms with Crippen molar-refractivity contribution in [3.63, 3.8) is 0 Å². The number of Topliss-reactive ketones (excluding diaryl/α,β-unsaturated/α-hetero) is 2. The lowest BCUT2D eigenvalue weighted by molar-refractivity contribution is -0.127. The van der Waals surface area contributed by atoms with Crippen LogP contribution in [0.5, 0.6) is 0 Å². The minimum atomic E-state index is 0.0184. The Morgan fingerprint density at radius 2 is 2.05 bits per heavy atom. The average molecular weight is 260 g/mol. The first-order valence-electron chi connectivity index (χ1n) is 6.70. The standard InChI is InChI=1S/C15H20N2O2/c1-2-3-9-14(18)12-15(19)10-5-4-7-13-8-6-11-16-17-13/h4,6-8,11H,2-3,5,9-10,12H2,1H3. The maximum absolute atomic E-state index is 11.5. The number of hydrogen-bond donors (Lipinski definition) is 0. The van der Waals surface area contributed by atoms with E-state index in [-0.39, 0.29) is 18.0 Å². The highest BCUT2D eigenvalue weighted by molar-refractivity contribution is 5.99. The summed E-state index contributed by atoms with van der Waals surface area (Å²) in [7, 11) is 0. The summed E-state index contributed by atoms with van der Waals surface area (Å²) >= 11 is 0. The number of ketones is 2. The van der Waals surface area contributed by atoms with Crippen LogP contribution in [0.2, 0.25) is 0 Å². The first-order chi connectivity index (χ1) is 9.22. The highest BCUT2D eigenvalue weighted by atomic mass is 16.1. The van der Waals surface area contributed by atoms with E-state index in [4.69, 9.17) is 0 Å². The third kappa shape index (κ3) is 7.24. The number of rotatable bonds is 9. The number of unbranched alkanes of at least 4 members (excludes halogenated alkanes) is 1. The molecular formula is C15H20N2O2. The Bertz CT molecular complexity index is 427. The predicted octanol–water partition coefficient (Wildman–Crippen LogP) is 2.99. The van der Waals surface area contributed by atoms with Gasteiger partial charge in [0.15, 0.2) is 0 Å². The molecule has 0 amide bonds. The Hall–Kier alpha value is -1.84. The zero-order valence-corrected chi connectivity index (χ0v) is 11.3. The number of carbonyl (C=O) groups is 2. The molecule has 1 aromatic rings. The highest BCUT2D eigenvalue weighted by Gasteiger charge is 2.07. The molecule has 0 aliphatic carbocycles. The topological polar surface area (TPSA) is 59.9 Å². The van der Waals surface area contributed by atoms with Gasteiger partial charge in [-0.1, -0.05) is 19.4 Å². The van der Waals surface area contributed by atoms with E-state index in [2.05, 4.69) is 10.2 Å². The van der Waals surface area contributed by atoms with E-state index in [1.807, 2.05) is 31.2 Å². The molecule has 0 spiro atoms. The van der Waals surface area contributed by atoms with Crippen LogP contribution < -0.4 is 0 Å². The molecule has 0 bridgehead atoms. The van der Waals surface area contributed by atoms with E-state index in [0.29, 0.717) is 19.3 Å². The maximum Gasteiger partial charge on any atom is 0.140 e. The number of aromatic nitrogens is 2. The molecule has 0 aromatic carbocycles. The van der Waals surface area contributed by atoms with Gasteiger partial charge in [-0.25, -0.2) is 0 Å². The molecule has 4 heteroatoms. The van der Waals surface area contributed by atoms with Crippen LogP contribution in [0.3, 0.4) is 0 Å². The first kappa shape index (κ1) is 15.2. The quantitative estimate of drug-likeness (QED) is 0.640. The summed E-state index contributed by atoms with van der Waals surface area (Å²) in [5, 5.41) is 7.66. The minimum absolute atomic E-state index is 0.0184. The van der Waals surface area contributed by atoms with Crippen LogP contribution in [0.15, 0.2) is 24.4 Å². The second-order valence-corrected chi connectivity index (χ2v) is 4.45. The van der Waals surface area contributed by atoms with Crippen molar-refractivity contribution in [2.75, 3.05) is 0 Å². The van der Waals surface area contributed by atoms with Gasteiger partial charge in [0, 0.05) is 19.0 Å². The molecule has 1 heterocycles. The minimum Gasteiger partial charge on any atom is -0.299 e. The lowest BCUT2D eigenvalue weighted by Gasteiger charge is -1.98. The Balaban J connectivity index is 2.20. The fourth-order valence-electron chi connectivity index (χ4n) is 1.62. The van der Waals surface area contributed by atoms with E-state index in [1.54, 1.807) is 6.20 Å². The van der Waals surface area contributed by atoms with E-state index >= 15 is 0 Å². The summed E-state index contributed by atoms with van der Waals surface area (Å²) in [6, 6.07) is 3.66. The van der Waals surface area contributed by atoms with Crippen LogP contribution in [-0.4, -0.2) is 21.8 Å². The van der Waals surface area contributed by atoms with Gasteiger partial charge >= 0.3 is 0 Å². The van der Waals surface area contributed by atoms with Crippen molar-refractivity contribution in [1.29, 1.82) is 0 Å². The third-order valence-electron chi connectivity index (χ3n) is 2.67. The summed E-state index contributed by atoms with van der Waals surface area (Å²) in [5.41, 5.74) is 0.772. The van der Waals surface area contributed by atoms with Gasteiger partial charge in [-0.15, -0.1) is 0 Å². The molecule has 102 valence electrons. The normalized spacial score (nSPS) is 10.8. The van der Waals surface area contributed by atoms with E-state index < -0.39 is 0 Å². The maximum atomic E-state index is 11.5. The van der Waals surface area contributed by atoms with Crippen LogP contribution in [0, 0.1) is 0 Å². The van der Waals surface area contributed by atoms with Crippen LogP contribution >= 0.6 is 0 Å². The molecule has 1 rings (SSSR count). The van der Waals surface area contributed by atoms with Crippen molar-refractivity contribution >= 4 is 17.6 Å². The molecule has 0 aliphatic heterocycles. The second kappa shape index (κ2) is 9.14. The molecule has 0 atom stereocenters. The second-order valence-electron chi connectivity index (χ2n) is 4.45. The molecule has 0 N–H and O–H groups in total. The van der Waals surface area contributed by atoms with Gasteiger partial charge < -0.3 is 0 Å². The van der Waals surface area contributed by atoms with Crippen LogP contribution in [-0.2, 0) is 9.59 Å². The average Bonchev–Trinajstić information content (AvgIpc) is 2.42. The molecule has 1 aromatic heterocycles. The Morgan fingerprint density at radius 3 is 2.74 bits per heavy atom. The van der Waals surface area contributed by atoms with E-state index in [1.165, 1.54) is 0 Å². The third-order valence-corrected chi connectivity index (χ3v) is 2.67. The lowest BCUT2D eigenvalue weighted by atomic mass is 10.1. The SMILES string of the molecule is CCCCC(=O)CC(=O)CCC=Cc1cccnn1. The van der Waals surface area contributed by atoms with E-state index in [0.717, 1.165) is 18.5 Å². The summed E-state index contributed by atoms with van der Waals surface area (Å²) in [4.78, 5) is 23.0. The highest BCUT2D eigenvalue weighted by Crippen LogP contribution is 2.04. The molecule has 19 heavy (non-hydrogen) atoms. The van der Waals surface area contributed by atoms with Crippen molar-refractivity contribution < 1.29 is 9.59 Å². The first-order valence-corrected chi connectivity index (χ1v) is 6.70. The molecule has 0 fully saturated rings. The van der Waals surface area contributed by atoms with Gasteiger partial charge in [-0.05, 0) is 31.1 Å². The summed E-state index contributed by atoms with van der Waals surface area (Å²) < 4.78 is 0. The van der Waals surface area contributed by atoms with Crippen molar-refractivity contribution in [2.45, 2.75) is 45.4 Å². The van der Waals surface area contributed by atoms with Gasteiger partial charge in [0.25, 0.3) is 0 Å². The number of allylic oxidation sites excluding steroid dienone is 1. The Labute approximate surface area is 113 Å². The van der Waals surface area contributed by atoms with Crippen molar-refractivity contribution in [1.82, 2.24) is 10.2 Å². The molecule has 4 nitrogen and oxygen atoms in total. The predicted molar refractivity (Wildman–Crippen MR) is 74.5 cm³/mol. The molecule has 0 aliphatic rings. The lowest BCUT2D eigenvalue weighted by Crippen LogP contribution is -2.07. The Morgan fingerprint density at radius 1 is 1.26 bits per heavy atom. The summed E-state index contributed by atoms with van der Waals surface area (Å²) in [6.07, 6.45) is 8.85. The smallest absolute Gasteiger partial charge is 0.140 e.